The summed E-state index contributed by atoms with van der Waals surface area (Å²) in [6.45, 7) is 6.89. The van der Waals surface area contributed by atoms with Crippen LogP contribution in [-0.4, -0.2) is 54.1 Å². The van der Waals surface area contributed by atoms with Crippen molar-refractivity contribution in [1.29, 1.82) is 0 Å². The molecule has 2 aliphatic rings. The second-order valence-corrected chi connectivity index (χ2v) is 6.05. The van der Waals surface area contributed by atoms with Crippen LogP contribution in [0.2, 0.25) is 0 Å². The van der Waals surface area contributed by atoms with Crippen LogP contribution in [0.15, 0.2) is 0 Å². The summed E-state index contributed by atoms with van der Waals surface area (Å²) in [5.41, 5.74) is -0.464. The Morgan fingerprint density at radius 1 is 1.33 bits per heavy atom. The molecule has 2 bridgehead atoms. The molecule has 2 atom stereocenters. The summed E-state index contributed by atoms with van der Waals surface area (Å²) in [4.78, 5) is 25.5. The van der Waals surface area contributed by atoms with Gasteiger partial charge in [0.15, 0.2) is 0 Å². The fourth-order valence-electron chi connectivity index (χ4n) is 2.57. The van der Waals surface area contributed by atoms with Gasteiger partial charge in [-0.2, -0.15) is 0 Å². The number of ketones is 1. The molecule has 2 heterocycles. The lowest BCUT2D eigenvalue weighted by Gasteiger charge is -2.44. The lowest BCUT2D eigenvalue weighted by atomic mass is 9.93. The molecule has 2 rings (SSSR count). The Labute approximate surface area is 107 Å². The van der Waals surface area contributed by atoms with Crippen molar-refractivity contribution in [3.63, 3.8) is 0 Å². The molecule has 0 aromatic heterocycles. The van der Waals surface area contributed by atoms with Crippen molar-refractivity contribution in [2.75, 3.05) is 19.8 Å². The SMILES string of the molecule is CC(C)(C)OC(=O)CN1C2COCC1CC(=O)C2. The van der Waals surface area contributed by atoms with Gasteiger partial charge in [-0.15, -0.1) is 0 Å². The smallest absolute Gasteiger partial charge is 0.320 e. The minimum atomic E-state index is -0.464. The van der Waals surface area contributed by atoms with Gasteiger partial charge >= 0.3 is 5.97 Å². The second-order valence-electron chi connectivity index (χ2n) is 6.05. The van der Waals surface area contributed by atoms with E-state index in [1.807, 2.05) is 20.8 Å². The molecule has 0 aromatic rings. The Kier molecular flexibility index (Phi) is 3.73. The first kappa shape index (κ1) is 13.5. The number of carbonyl (C=O) groups excluding carboxylic acids is 2. The van der Waals surface area contributed by atoms with Crippen LogP contribution in [0.4, 0.5) is 0 Å². The van der Waals surface area contributed by atoms with Crippen molar-refractivity contribution in [1.82, 2.24) is 4.90 Å². The van der Waals surface area contributed by atoms with Crippen molar-refractivity contribution in [3.8, 4) is 0 Å². The molecule has 5 heteroatoms. The molecule has 0 radical (unpaired) electrons. The highest BCUT2D eigenvalue weighted by Gasteiger charge is 2.39. The number of rotatable bonds is 2. The first-order valence-corrected chi connectivity index (χ1v) is 6.42. The average Bonchev–Trinajstić information content (AvgIpc) is 2.16. The largest absolute Gasteiger partial charge is 0.459 e. The predicted molar refractivity (Wildman–Crippen MR) is 65.2 cm³/mol. The van der Waals surface area contributed by atoms with Crippen LogP contribution in [0.5, 0.6) is 0 Å². The Balaban J connectivity index is 1.96. The van der Waals surface area contributed by atoms with E-state index in [1.54, 1.807) is 0 Å². The molecule has 0 aromatic carbocycles. The molecule has 5 nitrogen and oxygen atoms in total. The number of ether oxygens (including phenoxy) is 2. The zero-order valence-electron chi connectivity index (χ0n) is 11.3. The van der Waals surface area contributed by atoms with Crippen LogP contribution in [0.25, 0.3) is 0 Å². The molecule has 0 saturated carbocycles. The molecular formula is C13H21NO4. The maximum Gasteiger partial charge on any atom is 0.320 e. The van der Waals surface area contributed by atoms with Crippen LogP contribution in [0.1, 0.15) is 33.6 Å². The van der Waals surface area contributed by atoms with Crippen LogP contribution in [0.3, 0.4) is 0 Å². The first-order valence-electron chi connectivity index (χ1n) is 6.42. The van der Waals surface area contributed by atoms with Gasteiger partial charge in [0.05, 0.1) is 19.8 Å². The van der Waals surface area contributed by atoms with E-state index >= 15 is 0 Å². The fourth-order valence-corrected chi connectivity index (χ4v) is 2.57. The standard InChI is InChI=1S/C13H21NO4/c1-13(2,3)18-12(16)6-14-9-4-11(15)5-10(14)8-17-7-9/h9-10H,4-8H2,1-3H3. The highest BCUT2D eigenvalue weighted by molar-refractivity contribution is 5.81. The second kappa shape index (κ2) is 4.97. The molecule has 2 aliphatic heterocycles. The quantitative estimate of drug-likeness (QED) is 0.682. The van der Waals surface area contributed by atoms with Gasteiger partial charge < -0.3 is 9.47 Å². The Morgan fingerprint density at radius 2 is 1.89 bits per heavy atom. The van der Waals surface area contributed by atoms with Crippen molar-refractivity contribution in [2.24, 2.45) is 0 Å². The lowest BCUT2D eigenvalue weighted by molar-refractivity contribution is -0.163. The van der Waals surface area contributed by atoms with E-state index in [4.69, 9.17) is 9.47 Å². The number of nitrogens with zero attached hydrogens (tertiary/aromatic N) is 1. The van der Waals surface area contributed by atoms with Gasteiger partial charge in [-0.3, -0.25) is 14.5 Å². The van der Waals surface area contributed by atoms with E-state index in [-0.39, 0.29) is 30.4 Å². The zero-order chi connectivity index (χ0) is 13.3. The van der Waals surface area contributed by atoms with E-state index in [9.17, 15) is 9.59 Å². The van der Waals surface area contributed by atoms with Crippen molar-refractivity contribution in [2.45, 2.75) is 51.3 Å². The number of esters is 1. The minimum Gasteiger partial charge on any atom is -0.459 e. The van der Waals surface area contributed by atoms with Gasteiger partial charge in [0.2, 0.25) is 0 Å². The molecule has 0 amide bonds. The number of morpholine rings is 1. The topological polar surface area (TPSA) is 55.8 Å². The Bertz CT molecular complexity index is 331. The van der Waals surface area contributed by atoms with Gasteiger partial charge in [-0.05, 0) is 20.8 Å². The van der Waals surface area contributed by atoms with Crippen LogP contribution < -0.4 is 0 Å². The number of Topliss-reactive ketones (excluding diaryl/α,β-unsaturated/α-hetero) is 1. The maximum absolute atomic E-state index is 11.8. The molecule has 102 valence electrons. The van der Waals surface area contributed by atoms with Gasteiger partial charge in [-0.25, -0.2) is 0 Å². The zero-order valence-corrected chi connectivity index (χ0v) is 11.3. The lowest BCUT2D eigenvalue weighted by Crippen LogP contribution is -2.58. The van der Waals surface area contributed by atoms with Crippen LogP contribution in [0, 0.1) is 0 Å². The number of piperidine rings is 1. The maximum atomic E-state index is 11.8. The van der Waals surface area contributed by atoms with Gasteiger partial charge in [0.1, 0.15) is 11.4 Å². The van der Waals surface area contributed by atoms with E-state index < -0.39 is 5.60 Å². The highest BCUT2D eigenvalue weighted by Crippen LogP contribution is 2.25. The third-order valence-corrected chi connectivity index (χ3v) is 3.22. The summed E-state index contributed by atoms with van der Waals surface area (Å²) < 4.78 is 10.8. The number of hydrogen-bond donors (Lipinski definition) is 0. The Hall–Kier alpha value is -0.940. The van der Waals surface area contributed by atoms with Crippen molar-refractivity contribution >= 4 is 11.8 Å². The van der Waals surface area contributed by atoms with Gasteiger partial charge in [0.25, 0.3) is 0 Å². The average molecular weight is 255 g/mol. The minimum absolute atomic E-state index is 0.0394. The van der Waals surface area contributed by atoms with E-state index in [2.05, 4.69) is 4.90 Å². The number of hydrogen-bond acceptors (Lipinski definition) is 5. The summed E-state index contributed by atoms with van der Waals surface area (Å²) >= 11 is 0. The van der Waals surface area contributed by atoms with E-state index in [1.165, 1.54) is 0 Å². The predicted octanol–water partition coefficient (Wildman–Crippen LogP) is 0.760. The molecule has 2 saturated heterocycles. The van der Waals surface area contributed by atoms with E-state index in [0.717, 1.165) is 0 Å². The summed E-state index contributed by atoms with van der Waals surface area (Å²) in [5, 5.41) is 0. The van der Waals surface area contributed by atoms with E-state index in [0.29, 0.717) is 26.1 Å². The fraction of sp³-hybridized carbons (Fsp3) is 0.846. The summed E-state index contributed by atoms with van der Waals surface area (Å²) in [6, 6.07) is 0.0787. The molecular weight excluding hydrogens is 234 g/mol. The molecule has 0 N–H and O–H groups in total. The number of fused-ring (bicyclic) bond motifs is 2. The molecule has 0 aliphatic carbocycles. The monoisotopic (exact) mass is 255 g/mol. The van der Waals surface area contributed by atoms with Crippen LogP contribution >= 0.6 is 0 Å². The summed E-state index contributed by atoms with van der Waals surface area (Å²) in [6.07, 6.45) is 0.971. The highest BCUT2D eigenvalue weighted by atomic mass is 16.6. The molecule has 2 unspecified atom stereocenters. The van der Waals surface area contributed by atoms with Crippen molar-refractivity contribution in [3.05, 3.63) is 0 Å². The van der Waals surface area contributed by atoms with Crippen LogP contribution in [-0.2, 0) is 19.1 Å². The third kappa shape index (κ3) is 3.29. The van der Waals surface area contributed by atoms with Gasteiger partial charge in [-0.1, -0.05) is 0 Å². The number of carbonyl (C=O) groups is 2. The van der Waals surface area contributed by atoms with Crippen molar-refractivity contribution < 1.29 is 19.1 Å². The normalized spacial score (nSPS) is 29.2. The molecule has 0 spiro atoms. The first-order chi connectivity index (χ1) is 8.35. The Morgan fingerprint density at radius 3 is 2.39 bits per heavy atom. The molecule has 18 heavy (non-hydrogen) atoms. The molecule has 2 fully saturated rings. The summed E-state index contributed by atoms with van der Waals surface area (Å²) in [7, 11) is 0. The summed E-state index contributed by atoms with van der Waals surface area (Å²) in [5.74, 6) is 0.0440. The van der Waals surface area contributed by atoms with Gasteiger partial charge in [0, 0.05) is 24.9 Å². The third-order valence-electron chi connectivity index (χ3n) is 3.22.